The minimum absolute atomic E-state index is 0.0676. The number of aromatic amines is 2. The number of hydrazine groups is 1. The van der Waals surface area contributed by atoms with Gasteiger partial charge in [0.05, 0.1) is 5.69 Å². The highest BCUT2D eigenvalue weighted by molar-refractivity contribution is 7.92. The standard InChI is InChI=1S/C17H15N5O5S/c23-15(21-20-12-6-2-1-3-7-12)11-5-4-8-13(9-11)22-28(26,27)14-10-18-17(25)19-16(14)24/h1-10,20,22H,(H,21,23)(H2,18,19,24,25). The second kappa shape index (κ2) is 7.80. The van der Waals surface area contributed by atoms with E-state index in [-0.39, 0.29) is 11.3 Å². The quantitative estimate of drug-likeness (QED) is 0.382. The highest BCUT2D eigenvalue weighted by Crippen LogP contribution is 2.15. The molecule has 5 N–H and O–H groups in total. The maximum absolute atomic E-state index is 12.4. The van der Waals surface area contributed by atoms with Crippen molar-refractivity contribution < 1.29 is 13.2 Å². The van der Waals surface area contributed by atoms with E-state index in [0.29, 0.717) is 5.69 Å². The van der Waals surface area contributed by atoms with Crippen molar-refractivity contribution in [2.45, 2.75) is 4.90 Å². The Labute approximate surface area is 158 Å². The number of aromatic nitrogens is 2. The number of hydrogen-bond acceptors (Lipinski definition) is 6. The third-order valence-electron chi connectivity index (χ3n) is 3.55. The van der Waals surface area contributed by atoms with Gasteiger partial charge >= 0.3 is 5.69 Å². The Hall–Kier alpha value is -3.86. The molecular formula is C17H15N5O5S. The fourth-order valence-electron chi connectivity index (χ4n) is 2.25. The third kappa shape index (κ3) is 4.45. The van der Waals surface area contributed by atoms with E-state index >= 15 is 0 Å². The lowest BCUT2D eigenvalue weighted by Gasteiger charge is -2.10. The zero-order valence-electron chi connectivity index (χ0n) is 14.2. The van der Waals surface area contributed by atoms with Crippen molar-refractivity contribution in [2.75, 3.05) is 10.1 Å². The first kappa shape index (κ1) is 18.9. The summed E-state index contributed by atoms with van der Waals surface area (Å²) < 4.78 is 26.9. The molecule has 3 rings (SSSR count). The lowest BCUT2D eigenvalue weighted by molar-refractivity contribution is 0.0962. The Kier molecular flexibility index (Phi) is 5.27. The molecule has 0 aliphatic rings. The van der Waals surface area contributed by atoms with E-state index in [1.807, 2.05) is 11.1 Å². The Morgan fingerprint density at radius 2 is 1.64 bits per heavy atom. The van der Waals surface area contributed by atoms with Crippen molar-refractivity contribution in [1.82, 2.24) is 15.4 Å². The molecule has 0 aliphatic carbocycles. The third-order valence-corrected chi connectivity index (χ3v) is 4.93. The summed E-state index contributed by atoms with van der Waals surface area (Å²) in [6.07, 6.45) is 0.795. The van der Waals surface area contributed by atoms with Gasteiger partial charge in [0.25, 0.3) is 21.5 Å². The minimum atomic E-state index is -4.27. The van der Waals surface area contributed by atoms with Gasteiger partial charge in [0.15, 0.2) is 4.90 Å². The number of amides is 1. The van der Waals surface area contributed by atoms with Crippen molar-refractivity contribution in [3.63, 3.8) is 0 Å². The number of anilines is 2. The number of sulfonamides is 1. The summed E-state index contributed by atoms with van der Waals surface area (Å²) in [4.78, 5) is 38.3. The van der Waals surface area contributed by atoms with Crippen LogP contribution in [0, 0.1) is 0 Å². The van der Waals surface area contributed by atoms with Crippen molar-refractivity contribution in [3.8, 4) is 0 Å². The largest absolute Gasteiger partial charge is 0.325 e. The lowest BCUT2D eigenvalue weighted by Crippen LogP contribution is -2.30. The first-order chi connectivity index (χ1) is 13.3. The summed E-state index contributed by atoms with van der Waals surface area (Å²) in [5.41, 5.74) is 4.26. The number of benzene rings is 2. The van der Waals surface area contributed by atoms with Crippen LogP contribution in [0.2, 0.25) is 0 Å². The molecule has 28 heavy (non-hydrogen) atoms. The molecular weight excluding hydrogens is 386 g/mol. The molecule has 10 nitrogen and oxygen atoms in total. The molecule has 1 aromatic heterocycles. The highest BCUT2D eigenvalue weighted by atomic mass is 32.2. The average Bonchev–Trinajstić information content (AvgIpc) is 2.66. The zero-order valence-corrected chi connectivity index (χ0v) is 15.0. The molecule has 0 bridgehead atoms. The summed E-state index contributed by atoms with van der Waals surface area (Å²) in [6, 6.07) is 14.6. The molecule has 11 heteroatoms. The van der Waals surface area contributed by atoms with Gasteiger partial charge in [-0.25, -0.2) is 13.2 Å². The van der Waals surface area contributed by atoms with Gasteiger partial charge in [-0.05, 0) is 30.3 Å². The van der Waals surface area contributed by atoms with Crippen LogP contribution in [-0.4, -0.2) is 24.3 Å². The number of para-hydroxylation sites is 1. The van der Waals surface area contributed by atoms with Gasteiger partial charge in [0.2, 0.25) is 0 Å². The predicted molar refractivity (Wildman–Crippen MR) is 102 cm³/mol. The van der Waals surface area contributed by atoms with Crippen molar-refractivity contribution in [1.29, 1.82) is 0 Å². The van der Waals surface area contributed by atoms with Crippen LogP contribution in [0.3, 0.4) is 0 Å². The summed E-state index contributed by atoms with van der Waals surface area (Å²) in [5.74, 6) is -0.494. The number of H-pyrrole nitrogens is 2. The second-order valence-electron chi connectivity index (χ2n) is 5.57. The van der Waals surface area contributed by atoms with Gasteiger partial charge in [0, 0.05) is 17.4 Å². The maximum Gasteiger partial charge on any atom is 0.325 e. The molecule has 2 aromatic carbocycles. The molecule has 0 saturated heterocycles. The molecule has 144 valence electrons. The van der Waals surface area contributed by atoms with E-state index in [9.17, 15) is 22.8 Å². The summed E-state index contributed by atoms with van der Waals surface area (Å²) >= 11 is 0. The monoisotopic (exact) mass is 401 g/mol. The zero-order chi connectivity index (χ0) is 20.1. The molecule has 0 unspecified atom stereocenters. The number of hydrogen-bond donors (Lipinski definition) is 5. The Bertz CT molecular complexity index is 1220. The molecule has 0 radical (unpaired) electrons. The minimum Gasteiger partial charge on any atom is -0.313 e. The predicted octanol–water partition coefficient (Wildman–Crippen LogP) is 0.621. The van der Waals surface area contributed by atoms with E-state index in [1.54, 1.807) is 24.3 Å². The van der Waals surface area contributed by atoms with Crippen LogP contribution < -0.4 is 26.8 Å². The van der Waals surface area contributed by atoms with Gasteiger partial charge in [-0.2, -0.15) is 0 Å². The van der Waals surface area contributed by atoms with Crippen LogP contribution >= 0.6 is 0 Å². The molecule has 1 amide bonds. The molecule has 3 aromatic rings. The topological polar surface area (TPSA) is 153 Å². The van der Waals surface area contributed by atoms with Crippen LogP contribution in [0.4, 0.5) is 11.4 Å². The van der Waals surface area contributed by atoms with Crippen LogP contribution in [0.1, 0.15) is 10.4 Å². The van der Waals surface area contributed by atoms with Crippen LogP contribution in [0.15, 0.2) is 75.3 Å². The fourth-order valence-corrected chi connectivity index (χ4v) is 3.31. The molecule has 0 spiro atoms. The number of carbonyl (C=O) groups excluding carboxylic acids is 1. The summed E-state index contributed by atoms with van der Waals surface area (Å²) in [6.45, 7) is 0. The van der Waals surface area contributed by atoms with Crippen LogP contribution in [0.5, 0.6) is 0 Å². The number of carbonyl (C=O) groups is 1. The second-order valence-corrected chi connectivity index (χ2v) is 7.22. The Balaban J connectivity index is 1.76. The molecule has 0 aliphatic heterocycles. The number of nitrogens with one attached hydrogen (secondary N) is 5. The van der Waals surface area contributed by atoms with E-state index in [4.69, 9.17) is 0 Å². The molecule has 0 atom stereocenters. The van der Waals surface area contributed by atoms with Gasteiger partial charge < -0.3 is 4.98 Å². The van der Waals surface area contributed by atoms with E-state index in [0.717, 1.165) is 6.20 Å². The lowest BCUT2D eigenvalue weighted by atomic mass is 10.2. The first-order valence-electron chi connectivity index (χ1n) is 7.91. The maximum atomic E-state index is 12.4. The first-order valence-corrected chi connectivity index (χ1v) is 9.40. The Morgan fingerprint density at radius 3 is 2.36 bits per heavy atom. The number of rotatable bonds is 6. The molecule has 0 fully saturated rings. The van der Waals surface area contributed by atoms with Crippen molar-refractivity contribution in [3.05, 3.63) is 87.2 Å². The van der Waals surface area contributed by atoms with Crippen LogP contribution in [0.25, 0.3) is 0 Å². The average molecular weight is 401 g/mol. The normalized spacial score (nSPS) is 10.9. The summed E-state index contributed by atoms with van der Waals surface area (Å²) in [7, 11) is -4.27. The smallest absolute Gasteiger partial charge is 0.313 e. The van der Waals surface area contributed by atoms with E-state index in [1.165, 1.54) is 24.3 Å². The van der Waals surface area contributed by atoms with Crippen molar-refractivity contribution >= 4 is 27.3 Å². The van der Waals surface area contributed by atoms with Crippen molar-refractivity contribution in [2.24, 2.45) is 0 Å². The SMILES string of the molecule is O=C(NNc1ccccc1)c1cccc(NS(=O)(=O)c2c[nH]c(=O)[nH]c2=O)c1. The molecule has 1 heterocycles. The van der Waals surface area contributed by atoms with Gasteiger partial charge in [-0.3, -0.25) is 30.1 Å². The van der Waals surface area contributed by atoms with Gasteiger partial charge in [0.1, 0.15) is 0 Å². The Morgan fingerprint density at radius 1 is 0.929 bits per heavy atom. The van der Waals surface area contributed by atoms with E-state index in [2.05, 4.69) is 20.6 Å². The fraction of sp³-hybridized carbons (Fsp3) is 0. The van der Waals surface area contributed by atoms with Gasteiger partial charge in [-0.1, -0.05) is 24.3 Å². The van der Waals surface area contributed by atoms with E-state index < -0.39 is 32.1 Å². The molecule has 0 saturated carbocycles. The summed E-state index contributed by atoms with van der Waals surface area (Å²) in [5, 5.41) is 0. The highest BCUT2D eigenvalue weighted by Gasteiger charge is 2.19. The van der Waals surface area contributed by atoms with Crippen LogP contribution in [-0.2, 0) is 10.0 Å². The van der Waals surface area contributed by atoms with Gasteiger partial charge in [-0.15, -0.1) is 0 Å².